The maximum absolute atomic E-state index is 11.6. The number of carbonyl (C=O) groups excluding carboxylic acids is 1. The third-order valence-electron chi connectivity index (χ3n) is 2.67. The molecule has 2 aromatic carbocycles. The van der Waals surface area contributed by atoms with Crippen molar-refractivity contribution in [2.24, 2.45) is 0 Å². The van der Waals surface area contributed by atoms with Gasteiger partial charge in [0.2, 0.25) is 0 Å². The number of hydrogen-bond acceptors (Lipinski definition) is 4. The Bertz CT molecular complexity index is 558. The van der Waals surface area contributed by atoms with Crippen LogP contribution in [0.15, 0.2) is 48.5 Å². The lowest BCUT2D eigenvalue weighted by atomic mass is 10.2. The number of benzene rings is 2. The molecule has 0 aliphatic rings. The summed E-state index contributed by atoms with van der Waals surface area (Å²) < 4.78 is 15.5. The Labute approximate surface area is 117 Å². The molecule has 0 fully saturated rings. The molecular formula is C16H16O4. The SMILES string of the molecule is COc1ccc(OCC(=O)Oc2ccc(C)cc2)cc1. The molecule has 0 aliphatic carbocycles. The van der Waals surface area contributed by atoms with Gasteiger partial charge in [-0.2, -0.15) is 0 Å². The summed E-state index contributed by atoms with van der Waals surface area (Å²) in [5, 5.41) is 0. The molecule has 0 aromatic heterocycles. The van der Waals surface area contributed by atoms with Gasteiger partial charge in [-0.05, 0) is 43.3 Å². The van der Waals surface area contributed by atoms with Crippen LogP contribution in [0.2, 0.25) is 0 Å². The van der Waals surface area contributed by atoms with E-state index in [9.17, 15) is 4.79 Å². The van der Waals surface area contributed by atoms with E-state index in [4.69, 9.17) is 14.2 Å². The molecule has 0 radical (unpaired) electrons. The van der Waals surface area contributed by atoms with E-state index in [0.717, 1.165) is 11.3 Å². The van der Waals surface area contributed by atoms with Crippen LogP contribution in [-0.2, 0) is 4.79 Å². The summed E-state index contributed by atoms with van der Waals surface area (Å²) in [6.07, 6.45) is 0. The smallest absolute Gasteiger partial charge is 0.349 e. The first kappa shape index (κ1) is 13.9. The standard InChI is InChI=1S/C16H16O4/c1-12-3-5-15(6-4-12)20-16(17)11-19-14-9-7-13(18-2)8-10-14/h3-10H,11H2,1-2H3. The van der Waals surface area contributed by atoms with Crippen molar-refractivity contribution in [3.05, 3.63) is 54.1 Å². The first-order chi connectivity index (χ1) is 9.67. The molecule has 0 unspecified atom stereocenters. The largest absolute Gasteiger partial charge is 0.497 e. The average Bonchev–Trinajstić information content (AvgIpc) is 2.48. The summed E-state index contributed by atoms with van der Waals surface area (Å²) in [6, 6.07) is 14.3. The molecule has 0 heterocycles. The molecule has 4 nitrogen and oxygen atoms in total. The molecule has 0 saturated carbocycles. The topological polar surface area (TPSA) is 44.8 Å². The van der Waals surface area contributed by atoms with Crippen LogP contribution in [0.4, 0.5) is 0 Å². The fraction of sp³-hybridized carbons (Fsp3) is 0.188. The van der Waals surface area contributed by atoms with E-state index in [1.165, 1.54) is 0 Å². The van der Waals surface area contributed by atoms with E-state index in [2.05, 4.69) is 0 Å². The van der Waals surface area contributed by atoms with Gasteiger partial charge in [0.05, 0.1) is 7.11 Å². The van der Waals surface area contributed by atoms with Crippen LogP contribution in [-0.4, -0.2) is 19.7 Å². The minimum absolute atomic E-state index is 0.139. The predicted octanol–water partition coefficient (Wildman–Crippen LogP) is 2.99. The maximum Gasteiger partial charge on any atom is 0.349 e. The summed E-state index contributed by atoms with van der Waals surface area (Å²) >= 11 is 0. The second kappa shape index (κ2) is 6.61. The fourth-order valence-corrected chi connectivity index (χ4v) is 1.58. The molecule has 4 heteroatoms. The minimum atomic E-state index is -0.440. The molecule has 0 aliphatic heterocycles. The Morgan fingerprint density at radius 2 is 1.45 bits per heavy atom. The molecule has 104 valence electrons. The summed E-state index contributed by atoms with van der Waals surface area (Å²) in [6.45, 7) is 1.83. The maximum atomic E-state index is 11.6. The number of esters is 1. The number of aryl methyl sites for hydroxylation is 1. The Morgan fingerprint density at radius 1 is 0.900 bits per heavy atom. The lowest BCUT2D eigenvalue weighted by Gasteiger charge is -2.07. The molecule has 0 N–H and O–H groups in total. The van der Waals surface area contributed by atoms with Crippen molar-refractivity contribution in [2.45, 2.75) is 6.92 Å². The van der Waals surface area contributed by atoms with Gasteiger partial charge < -0.3 is 14.2 Å². The highest BCUT2D eigenvalue weighted by molar-refractivity contribution is 5.73. The van der Waals surface area contributed by atoms with Crippen molar-refractivity contribution >= 4 is 5.97 Å². The molecule has 0 spiro atoms. The Kier molecular flexibility index (Phi) is 4.60. The number of ether oxygens (including phenoxy) is 3. The molecule has 0 bridgehead atoms. The summed E-state index contributed by atoms with van der Waals surface area (Å²) in [5.74, 6) is 1.40. The highest BCUT2D eigenvalue weighted by Gasteiger charge is 2.06. The summed E-state index contributed by atoms with van der Waals surface area (Å²) in [4.78, 5) is 11.6. The molecule has 0 saturated heterocycles. The molecule has 0 atom stereocenters. The van der Waals surface area contributed by atoms with Gasteiger partial charge in [-0.25, -0.2) is 4.79 Å². The second-order valence-corrected chi connectivity index (χ2v) is 4.25. The van der Waals surface area contributed by atoms with Gasteiger partial charge in [-0.15, -0.1) is 0 Å². The molecule has 0 amide bonds. The fourth-order valence-electron chi connectivity index (χ4n) is 1.58. The number of hydrogen-bond donors (Lipinski definition) is 0. The second-order valence-electron chi connectivity index (χ2n) is 4.25. The molecule has 2 aromatic rings. The minimum Gasteiger partial charge on any atom is -0.497 e. The number of rotatable bonds is 5. The van der Waals surface area contributed by atoms with Crippen LogP contribution < -0.4 is 14.2 Å². The van der Waals surface area contributed by atoms with E-state index in [1.54, 1.807) is 43.5 Å². The summed E-state index contributed by atoms with van der Waals surface area (Å²) in [5.41, 5.74) is 1.11. The highest BCUT2D eigenvalue weighted by Crippen LogP contribution is 2.17. The number of methoxy groups -OCH3 is 1. The zero-order valence-electron chi connectivity index (χ0n) is 11.5. The lowest BCUT2D eigenvalue weighted by Crippen LogP contribution is -2.17. The third kappa shape index (κ3) is 4.02. The van der Waals surface area contributed by atoms with Crippen LogP contribution in [0.5, 0.6) is 17.2 Å². The van der Waals surface area contributed by atoms with Gasteiger partial charge in [0.1, 0.15) is 17.2 Å². The van der Waals surface area contributed by atoms with E-state index >= 15 is 0 Å². The highest BCUT2D eigenvalue weighted by atomic mass is 16.6. The van der Waals surface area contributed by atoms with Crippen molar-refractivity contribution in [3.8, 4) is 17.2 Å². The van der Waals surface area contributed by atoms with Crippen LogP contribution >= 0.6 is 0 Å². The lowest BCUT2D eigenvalue weighted by molar-refractivity contribution is -0.136. The zero-order chi connectivity index (χ0) is 14.4. The van der Waals surface area contributed by atoms with Gasteiger partial charge in [0, 0.05) is 0 Å². The average molecular weight is 272 g/mol. The molecule has 2 rings (SSSR count). The van der Waals surface area contributed by atoms with Crippen LogP contribution in [0.3, 0.4) is 0 Å². The van der Waals surface area contributed by atoms with E-state index in [1.807, 2.05) is 19.1 Å². The zero-order valence-corrected chi connectivity index (χ0v) is 11.5. The third-order valence-corrected chi connectivity index (χ3v) is 2.67. The van der Waals surface area contributed by atoms with Crippen molar-refractivity contribution in [1.29, 1.82) is 0 Å². The van der Waals surface area contributed by atoms with Crippen molar-refractivity contribution in [3.63, 3.8) is 0 Å². The molecular weight excluding hydrogens is 256 g/mol. The Morgan fingerprint density at radius 3 is 2.05 bits per heavy atom. The van der Waals surface area contributed by atoms with Crippen molar-refractivity contribution < 1.29 is 19.0 Å². The van der Waals surface area contributed by atoms with Gasteiger partial charge >= 0.3 is 5.97 Å². The quantitative estimate of drug-likeness (QED) is 0.620. The van der Waals surface area contributed by atoms with Crippen LogP contribution in [0, 0.1) is 6.92 Å². The van der Waals surface area contributed by atoms with Gasteiger partial charge in [0.15, 0.2) is 6.61 Å². The van der Waals surface area contributed by atoms with Gasteiger partial charge in [-0.1, -0.05) is 17.7 Å². The van der Waals surface area contributed by atoms with Gasteiger partial charge in [-0.3, -0.25) is 0 Å². The predicted molar refractivity (Wildman–Crippen MR) is 75.3 cm³/mol. The van der Waals surface area contributed by atoms with E-state index in [-0.39, 0.29) is 6.61 Å². The summed E-state index contributed by atoms with van der Waals surface area (Å²) in [7, 11) is 1.59. The Balaban J connectivity index is 1.83. The van der Waals surface area contributed by atoms with Crippen LogP contribution in [0.25, 0.3) is 0 Å². The monoisotopic (exact) mass is 272 g/mol. The van der Waals surface area contributed by atoms with E-state index < -0.39 is 5.97 Å². The first-order valence-corrected chi connectivity index (χ1v) is 6.21. The molecule has 20 heavy (non-hydrogen) atoms. The Hall–Kier alpha value is -2.49. The van der Waals surface area contributed by atoms with E-state index in [0.29, 0.717) is 11.5 Å². The van der Waals surface area contributed by atoms with Crippen molar-refractivity contribution in [1.82, 2.24) is 0 Å². The first-order valence-electron chi connectivity index (χ1n) is 6.21. The van der Waals surface area contributed by atoms with Gasteiger partial charge in [0.25, 0.3) is 0 Å². The normalized spacial score (nSPS) is 9.90. The van der Waals surface area contributed by atoms with Crippen molar-refractivity contribution in [2.75, 3.05) is 13.7 Å². The number of carbonyl (C=O) groups is 1. The van der Waals surface area contributed by atoms with Crippen LogP contribution in [0.1, 0.15) is 5.56 Å².